The summed E-state index contributed by atoms with van der Waals surface area (Å²) in [6, 6.07) is 0. The lowest BCUT2D eigenvalue weighted by atomic mass is 10.0. The molecule has 0 saturated heterocycles. The summed E-state index contributed by atoms with van der Waals surface area (Å²) in [5, 5.41) is 8.80. The first-order chi connectivity index (χ1) is 10.5. The Bertz CT molecular complexity index is 248. The lowest BCUT2D eigenvalue weighted by molar-refractivity contribution is -0.141. The lowest BCUT2D eigenvalue weighted by Gasteiger charge is -2.06. The SMILES string of the molecule is CC(C)CCCCCCCCCCCCCCC(C)C(=O)O. The molecular weight excluding hydrogens is 272 g/mol. The van der Waals surface area contributed by atoms with Gasteiger partial charge in [-0.15, -0.1) is 0 Å². The summed E-state index contributed by atoms with van der Waals surface area (Å²) in [6.45, 7) is 6.44. The Balaban J connectivity index is 3.07. The molecule has 0 spiro atoms. The second-order valence-electron chi connectivity index (χ2n) is 7.45. The molecule has 1 unspecified atom stereocenters. The van der Waals surface area contributed by atoms with E-state index >= 15 is 0 Å². The van der Waals surface area contributed by atoms with Gasteiger partial charge in [-0.3, -0.25) is 4.79 Å². The molecule has 0 aliphatic carbocycles. The van der Waals surface area contributed by atoms with Crippen LogP contribution in [-0.2, 0) is 4.79 Å². The zero-order chi connectivity index (χ0) is 16.6. The molecule has 0 rings (SSSR count). The zero-order valence-corrected chi connectivity index (χ0v) is 15.4. The van der Waals surface area contributed by atoms with Gasteiger partial charge in [0.2, 0.25) is 0 Å². The van der Waals surface area contributed by atoms with Crippen molar-refractivity contribution >= 4 is 5.97 Å². The van der Waals surface area contributed by atoms with Crippen LogP contribution >= 0.6 is 0 Å². The highest BCUT2D eigenvalue weighted by Gasteiger charge is 2.09. The van der Waals surface area contributed by atoms with Crippen LogP contribution in [0.2, 0.25) is 0 Å². The monoisotopic (exact) mass is 312 g/mol. The fourth-order valence-corrected chi connectivity index (χ4v) is 2.89. The Hall–Kier alpha value is -0.530. The first-order valence-corrected chi connectivity index (χ1v) is 9.76. The molecule has 0 heterocycles. The van der Waals surface area contributed by atoms with Crippen LogP contribution in [0.15, 0.2) is 0 Å². The molecule has 22 heavy (non-hydrogen) atoms. The van der Waals surface area contributed by atoms with Gasteiger partial charge in [-0.2, -0.15) is 0 Å². The van der Waals surface area contributed by atoms with Crippen LogP contribution in [0, 0.1) is 11.8 Å². The van der Waals surface area contributed by atoms with Crippen molar-refractivity contribution in [3.8, 4) is 0 Å². The van der Waals surface area contributed by atoms with E-state index in [0.717, 1.165) is 18.8 Å². The van der Waals surface area contributed by atoms with Crippen molar-refractivity contribution in [1.29, 1.82) is 0 Å². The molecule has 0 radical (unpaired) electrons. The number of hydrogen-bond acceptors (Lipinski definition) is 1. The highest BCUT2D eigenvalue weighted by atomic mass is 16.4. The quantitative estimate of drug-likeness (QED) is 0.317. The van der Waals surface area contributed by atoms with Gasteiger partial charge < -0.3 is 5.11 Å². The Morgan fingerprint density at radius 2 is 0.955 bits per heavy atom. The van der Waals surface area contributed by atoms with Crippen molar-refractivity contribution in [1.82, 2.24) is 0 Å². The van der Waals surface area contributed by atoms with E-state index in [1.807, 2.05) is 6.92 Å². The maximum Gasteiger partial charge on any atom is 0.306 e. The van der Waals surface area contributed by atoms with E-state index in [-0.39, 0.29) is 5.92 Å². The fourth-order valence-electron chi connectivity index (χ4n) is 2.89. The summed E-state index contributed by atoms with van der Waals surface area (Å²) >= 11 is 0. The standard InChI is InChI=1S/C20H40O2/c1-18(2)16-14-12-10-8-6-4-5-7-9-11-13-15-17-19(3)20(21)22/h18-19H,4-17H2,1-3H3,(H,21,22). The third kappa shape index (κ3) is 15.9. The van der Waals surface area contributed by atoms with Crippen LogP contribution in [0.1, 0.15) is 111 Å². The molecule has 0 saturated carbocycles. The van der Waals surface area contributed by atoms with Gasteiger partial charge in [-0.25, -0.2) is 0 Å². The van der Waals surface area contributed by atoms with Crippen molar-refractivity contribution < 1.29 is 9.90 Å². The van der Waals surface area contributed by atoms with Gasteiger partial charge in [0, 0.05) is 0 Å². The topological polar surface area (TPSA) is 37.3 Å². The first kappa shape index (κ1) is 21.5. The molecule has 1 atom stereocenters. The van der Waals surface area contributed by atoms with Crippen LogP contribution in [0.4, 0.5) is 0 Å². The summed E-state index contributed by atoms with van der Waals surface area (Å²) in [7, 11) is 0. The first-order valence-electron chi connectivity index (χ1n) is 9.76. The molecule has 0 aromatic carbocycles. The van der Waals surface area contributed by atoms with Crippen molar-refractivity contribution in [2.45, 2.75) is 111 Å². The number of carboxylic acid groups (broad SMARTS) is 1. The highest BCUT2D eigenvalue weighted by Crippen LogP contribution is 2.15. The van der Waals surface area contributed by atoms with Crippen LogP contribution < -0.4 is 0 Å². The van der Waals surface area contributed by atoms with E-state index in [4.69, 9.17) is 5.11 Å². The molecule has 0 fully saturated rings. The second kappa shape index (κ2) is 15.4. The highest BCUT2D eigenvalue weighted by molar-refractivity contribution is 5.69. The van der Waals surface area contributed by atoms with Crippen LogP contribution in [0.5, 0.6) is 0 Å². The van der Waals surface area contributed by atoms with Crippen molar-refractivity contribution in [2.75, 3.05) is 0 Å². The molecule has 2 nitrogen and oxygen atoms in total. The summed E-state index contributed by atoms with van der Waals surface area (Å²) in [5.41, 5.74) is 0. The maximum atomic E-state index is 10.7. The summed E-state index contributed by atoms with van der Waals surface area (Å²) in [6.07, 6.45) is 18.4. The summed E-state index contributed by atoms with van der Waals surface area (Å²) in [5.74, 6) is 0.0529. The average molecular weight is 313 g/mol. The Morgan fingerprint density at radius 1 is 0.636 bits per heavy atom. The van der Waals surface area contributed by atoms with Gasteiger partial charge in [-0.1, -0.05) is 104 Å². The normalized spacial score (nSPS) is 12.7. The molecule has 0 aliphatic heterocycles. The van der Waals surface area contributed by atoms with Crippen molar-refractivity contribution in [2.24, 2.45) is 11.8 Å². The van der Waals surface area contributed by atoms with Gasteiger partial charge in [0.05, 0.1) is 5.92 Å². The van der Waals surface area contributed by atoms with Gasteiger partial charge in [0.25, 0.3) is 0 Å². The largest absolute Gasteiger partial charge is 0.481 e. The predicted octanol–water partition coefficient (Wildman–Crippen LogP) is 6.82. The number of carbonyl (C=O) groups is 1. The zero-order valence-electron chi connectivity index (χ0n) is 15.4. The number of hydrogen-bond donors (Lipinski definition) is 1. The molecule has 0 amide bonds. The van der Waals surface area contributed by atoms with Crippen LogP contribution in [0.25, 0.3) is 0 Å². The Kier molecular flexibility index (Phi) is 15.0. The predicted molar refractivity (Wildman–Crippen MR) is 96.3 cm³/mol. The van der Waals surface area contributed by atoms with E-state index in [0.29, 0.717) is 0 Å². The number of unbranched alkanes of at least 4 members (excludes halogenated alkanes) is 11. The van der Waals surface area contributed by atoms with E-state index in [1.54, 1.807) is 0 Å². The molecule has 0 aromatic heterocycles. The molecule has 0 aromatic rings. The van der Waals surface area contributed by atoms with E-state index in [1.165, 1.54) is 77.0 Å². The summed E-state index contributed by atoms with van der Waals surface area (Å²) < 4.78 is 0. The number of rotatable bonds is 16. The third-order valence-corrected chi connectivity index (χ3v) is 4.59. The minimum atomic E-state index is -0.649. The molecular formula is C20H40O2. The van der Waals surface area contributed by atoms with Crippen molar-refractivity contribution in [3.05, 3.63) is 0 Å². The molecule has 0 bridgehead atoms. The number of carboxylic acids is 1. The fraction of sp³-hybridized carbons (Fsp3) is 0.950. The van der Waals surface area contributed by atoms with E-state index in [9.17, 15) is 4.79 Å². The van der Waals surface area contributed by atoms with Gasteiger partial charge in [-0.05, 0) is 12.3 Å². The maximum absolute atomic E-state index is 10.7. The van der Waals surface area contributed by atoms with E-state index < -0.39 is 5.97 Å². The lowest BCUT2D eigenvalue weighted by Crippen LogP contribution is -2.08. The Labute approximate surface area is 139 Å². The molecule has 0 aliphatic rings. The molecule has 2 heteroatoms. The third-order valence-electron chi connectivity index (χ3n) is 4.59. The van der Waals surface area contributed by atoms with Crippen LogP contribution in [-0.4, -0.2) is 11.1 Å². The number of aliphatic carboxylic acids is 1. The molecule has 1 N–H and O–H groups in total. The molecule has 132 valence electrons. The van der Waals surface area contributed by atoms with Gasteiger partial charge in [0.15, 0.2) is 0 Å². The minimum Gasteiger partial charge on any atom is -0.481 e. The van der Waals surface area contributed by atoms with E-state index in [2.05, 4.69) is 13.8 Å². The Morgan fingerprint density at radius 3 is 1.27 bits per heavy atom. The van der Waals surface area contributed by atoms with Gasteiger partial charge >= 0.3 is 5.97 Å². The van der Waals surface area contributed by atoms with Crippen molar-refractivity contribution in [3.63, 3.8) is 0 Å². The van der Waals surface area contributed by atoms with Crippen LogP contribution in [0.3, 0.4) is 0 Å². The average Bonchev–Trinajstić information content (AvgIpc) is 2.46. The second-order valence-corrected chi connectivity index (χ2v) is 7.45. The van der Waals surface area contributed by atoms with Gasteiger partial charge in [0.1, 0.15) is 0 Å². The minimum absolute atomic E-state index is 0.166. The smallest absolute Gasteiger partial charge is 0.306 e. The summed E-state index contributed by atoms with van der Waals surface area (Å²) in [4.78, 5) is 10.7.